The van der Waals surface area contributed by atoms with Crippen LogP contribution < -0.4 is 5.73 Å². The van der Waals surface area contributed by atoms with Crippen molar-refractivity contribution in [2.75, 3.05) is 39.4 Å². The van der Waals surface area contributed by atoms with Crippen LogP contribution in [0.15, 0.2) is 0 Å². The molecule has 0 aromatic rings. The van der Waals surface area contributed by atoms with E-state index in [-0.39, 0.29) is 18.4 Å². The third-order valence-electron chi connectivity index (χ3n) is 3.65. The molecule has 0 radical (unpaired) electrons. The molecule has 5 nitrogen and oxygen atoms in total. The number of carbonyl (C=O) groups excluding carboxylic acids is 1. The highest BCUT2D eigenvalue weighted by molar-refractivity contribution is 5.85. The minimum Gasteiger partial charge on any atom is -0.378 e. The SMILES string of the molecule is Cl.NCCC1CCCCN1C(=O)N1CCOCC1. The highest BCUT2D eigenvalue weighted by atomic mass is 35.5. The zero-order valence-electron chi connectivity index (χ0n) is 10.8. The molecule has 6 heteroatoms. The molecule has 1 atom stereocenters. The van der Waals surface area contributed by atoms with Gasteiger partial charge in [0.05, 0.1) is 13.2 Å². The van der Waals surface area contributed by atoms with E-state index in [2.05, 4.69) is 0 Å². The number of rotatable bonds is 2. The van der Waals surface area contributed by atoms with Gasteiger partial charge in [-0.3, -0.25) is 0 Å². The number of piperidine rings is 1. The van der Waals surface area contributed by atoms with Crippen LogP contribution in [0.25, 0.3) is 0 Å². The Hall–Kier alpha value is -0.520. The van der Waals surface area contributed by atoms with Crippen LogP contribution in [-0.2, 0) is 4.74 Å². The number of carbonyl (C=O) groups is 1. The molecular formula is C12H24ClN3O2. The van der Waals surface area contributed by atoms with Crippen molar-refractivity contribution in [3.05, 3.63) is 0 Å². The minimum atomic E-state index is 0. The number of hydrogen-bond donors (Lipinski definition) is 1. The summed E-state index contributed by atoms with van der Waals surface area (Å²) < 4.78 is 5.28. The van der Waals surface area contributed by atoms with Crippen LogP contribution in [0.5, 0.6) is 0 Å². The normalized spacial score (nSPS) is 24.6. The summed E-state index contributed by atoms with van der Waals surface area (Å²) >= 11 is 0. The van der Waals surface area contributed by atoms with E-state index in [0.717, 1.165) is 38.9 Å². The Morgan fingerprint density at radius 2 is 1.94 bits per heavy atom. The molecule has 2 amide bonds. The number of nitrogens with two attached hydrogens (primary N) is 1. The van der Waals surface area contributed by atoms with Crippen LogP contribution in [0.1, 0.15) is 25.7 Å². The molecule has 2 fully saturated rings. The fourth-order valence-electron chi connectivity index (χ4n) is 2.68. The van der Waals surface area contributed by atoms with Gasteiger partial charge in [-0.1, -0.05) is 0 Å². The van der Waals surface area contributed by atoms with Gasteiger partial charge in [0.25, 0.3) is 0 Å². The van der Waals surface area contributed by atoms with Crippen molar-refractivity contribution in [3.8, 4) is 0 Å². The molecule has 1 unspecified atom stereocenters. The van der Waals surface area contributed by atoms with Gasteiger partial charge in [-0.15, -0.1) is 12.4 Å². The maximum Gasteiger partial charge on any atom is 0.320 e. The van der Waals surface area contributed by atoms with Crippen molar-refractivity contribution in [2.24, 2.45) is 5.73 Å². The van der Waals surface area contributed by atoms with Crippen molar-refractivity contribution < 1.29 is 9.53 Å². The van der Waals surface area contributed by atoms with Crippen LogP contribution in [0, 0.1) is 0 Å². The average molecular weight is 278 g/mol. The third-order valence-corrected chi connectivity index (χ3v) is 3.65. The van der Waals surface area contributed by atoms with Crippen LogP contribution in [0.2, 0.25) is 0 Å². The molecule has 2 heterocycles. The molecule has 18 heavy (non-hydrogen) atoms. The third kappa shape index (κ3) is 3.73. The Morgan fingerprint density at radius 3 is 2.61 bits per heavy atom. The van der Waals surface area contributed by atoms with Crippen molar-refractivity contribution in [3.63, 3.8) is 0 Å². The van der Waals surface area contributed by atoms with E-state index < -0.39 is 0 Å². The van der Waals surface area contributed by atoms with Crippen LogP contribution in [-0.4, -0.2) is 61.3 Å². The summed E-state index contributed by atoms with van der Waals surface area (Å²) in [4.78, 5) is 16.3. The molecule has 2 N–H and O–H groups in total. The zero-order chi connectivity index (χ0) is 12.1. The summed E-state index contributed by atoms with van der Waals surface area (Å²) in [6.45, 7) is 4.34. The van der Waals surface area contributed by atoms with E-state index in [1.165, 1.54) is 6.42 Å². The van der Waals surface area contributed by atoms with Crippen molar-refractivity contribution in [1.82, 2.24) is 9.80 Å². The largest absolute Gasteiger partial charge is 0.378 e. The van der Waals surface area contributed by atoms with E-state index in [1.54, 1.807) is 0 Å². The predicted molar refractivity (Wildman–Crippen MR) is 73.1 cm³/mol. The summed E-state index contributed by atoms with van der Waals surface area (Å²) in [6, 6.07) is 0.538. The molecule has 106 valence electrons. The number of likely N-dealkylation sites (tertiary alicyclic amines) is 1. The van der Waals surface area contributed by atoms with Gasteiger partial charge in [-0.05, 0) is 32.2 Å². The predicted octanol–water partition coefficient (Wildman–Crippen LogP) is 1.06. The summed E-state index contributed by atoms with van der Waals surface area (Å²) in [5, 5.41) is 0. The van der Waals surface area contributed by atoms with E-state index in [0.29, 0.717) is 25.8 Å². The smallest absolute Gasteiger partial charge is 0.320 e. The minimum absolute atomic E-state index is 0. The number of halogens is 1. The van der Waals surface area contributed by atoms with E-state index in [9.17, 15) is 4.79 Å². The lowest BCUT2D eigenvalue weighted by Crippen LogP contribution is -2.53. The number of hydrogen-bond acceptors (Lipinski definition) is 3. The first-order valence-corrected chi connectivity index (χ1v) is 6.66. The quantitative estimate of drug-likeness (QED) is 0.821. The van der Waals surface area contributed by atoms with Crippen molar-refractivity contribution in [2.45, 2.75) is 31.7 Å². The summed E-state index contributed by atoms with van der Waals surface area (Å²) in [5.74, 6) is 0. The second-order valence-electron chi connectivity index (χ2n) is 4.80. The van der Waals surface area contributed by atoms with Gasteiger partial charge in [0.1, 0.15) is 0 Å². The lowest BCUT2D eigenvalue weighted by atomic mass is 10.00. The monoisotopic (exact) mass is 277 g/mol. The van der Waals surface area contributed by atoms with E-state index in [1.807, 2.05) is 9.80 Å². The number of urea groups is 1. The van der Waals surface area contributed by atoms with E-state index >= 15 is 0 Å². The standard InChI is InChI=1S/C12H23N3O2.ClH/c13-5-4-11-3-1-2-6-15(11)12(16)14-7-9-17-10-8-14;/h11H,1-10,13H2;1H. The molecule has 2 saturated heterocycles. The fourth-order valence-corrected chi connectivity index (χ4v) is 2.68. The highest BCUT2D eigenvalue weighted by Gasteiger charge is 2.29. The highest BCUT2D eigenvalue weighted by Crippen LogP contribution is 2.21. The number of amides is 2. The van der Waals surface area contributed by atoms with Crippen LogP contribution >= 0.6 is 12.4 Å². The fraction of sp³-hybridized carbons (Fsp3) is 0.917. The average Bonchev–Trinajstić information content (AvgIpc) is 2.40. The molecule has 0 spiro atoms. The Bertz CT molecular complexity index is 258. The number of nitrogens with zero attached hydrogens (tertiary/aromatic N) is 2. The molecule has 0 saturated carbocycles. The van der Waals surface area contributed by atoms with Gasteiger partial charge in [0, 0.05) is 25.7 Å². The maximum absolute atomic E-state index is 12.4. The lowest BCUT2D eigenvalue weighted by molar-refractivity contribution is 0.0352. The van der Waals surface area contributed by atoms with Gasteiger partial charge >= 0.3 is 6.03 Å². The maximum atomic E-state index is 12.4. The molecule has 0 aromatic carbocycles. The topological polar surface area (TPSA) is 58.8 Å². The van der Waals surface area contributed by atoms with E-state index in [4.69, 9.17) is 10.5 Å². The summed E-state index contributed by atoms with van der Waals surface area (Å²) in [5.41, 5.74) is 5.63. The molecule has 2 aliphatic heterocycles. The molecular weight excluding hydrogens is 254 g/mol. The Labute approximate surface area is 115 Å². The molecule has 0 aliphatic carbocycles. The first-order chi connectivity index (χ1) is 8.33. The number of ether oxygens (including phenoxy) is 1. The Morgan fingerprint density at radius 1 is 1.22 bits per heavy atom. The van der Waals surface area contributed by atoms with Gasteiger partial charge in [-0.25, -0.2) is 4.79 Å². The van der Waals surface area contributed by atoms with Gasteiger partial charge in [0.2, 0.25) is 0 Å². The molecule has 2 aliphatic rings. The van der Waals surface area contributed by atoms with Gasteiger partial charge in [-0.2, -0.15) is 0 Å². The molecule has 0 aromatic heterocycles. The van der Waals surface area contributed by atoms with Crippen molar-refractivity contribution in [1.29, 1.82) is 0 Å². The first kappa shape index (κ1) is 15.5. The van der Waals surface area contributed by atoms with Crippen molar-refractivity contribution >= 4 is 18.4 Å². The summed E-state index contributed by atoms with van der Waals surface area (Å²) in [7, 11) is 0. The van der Waals surface area contributed by atoms with Gasteiger partial charge < -0.3 is 20.3 Å². The molecule has 2 rings (SSSR count). The first-order valence-electron chi connectivity index (χ1n) is 6.66. The lowest BCUT2D eigenvalue weighted by Gasteiger charge is -2.40. The second kappa shape index (κ2) is 7.81. The summed E-state index contributed by atoms with van der Waals surface area (Å²) in [6.07, 6.45) is 4.37. The zero-order valence-corrected chi connectivity index (χ0v) is 11.7. The second-order valence-corrected chi connectivity index (χ2v) is 4.80. The van der Waals surface area contributed by atoms with Crippen LogP contribution in [0.4, 0.5) is 4.79 Å². The van der Waals surface area contributed by atoms with Gasteiger partial charge in [0.15, 0.2) is 0 Å². The Balaban J connectivity index is 0.00000162. The van der Waals surface area contributed by atoms with Crippen LogP contribution in [0.3, 0.4) is 0 Å². The Kier molecular flexibility index (Phi) is 6.75. The molecule has 0 bridgehead atoms. The number of morpholine rings is 1.